The molecule has 1 heterocycles. The van der Waals surface area contributed by atoms with Gasteiger partial charge in [0.2, 0.25) is 5.91 Å². The van der Waals surface area contributed by atoms with Crippen LogP contribution in [0, 0.1) is 19.8 Å². The summed E-state index contributed by atoms with van der Waals surface area (Å²) in [6.07, 6.45) is 1.45. The van der Waals surface area contributed by atoms with Crippen LogP contribution in [0.1, 0.15) is 37.8 Å². The summed E-state index contributed by atoms with van der Waals surface area (Å²) in [6, 6.07) is 6.17. The summed E-state index contributed by atoms with van der Waals surface area (Å²) in [5, 5.41) is 3.06. The highest BCUT2D eigenvalue weighted by Crippen LogP contribution is 2.22. The van der Waals surface area contributed by atoms with E-state index >= 15 is 0 Å². The van der Waals surface area contributed by atoms with Gasteiger partial charge >= 0.3 is 6.03 Å². The van der Waals surface area contributed by atoms with Gasteiger partial charge < -0.3 is 15.1 Å². The Morgan fingerprint density at radius 1 is 1.17 bits per heavy atom. The largest absolute Gasteiger partial charge is 0.326 e. The molecule has 0 spiro atoms. The molecule has 0 aliphatic carbocycles. The minimum Gasteiger partial charge on any atom is -0.326 e. The molecule has 132 valence electrons. The van der Waals surface area contributed by atoms with Crippen molar-refractivity contribution in [3.63, 3.8) is 0 Å². The smallest absolute Gasteiger partial charge is 0.319 e. The predicted molar refractivity (Wildman–Crippen MR) is 97.2 cm³/mol. The molecule has 0 unspecified atom stereocenters. The van der Waals surface area contributed by atoms with Gasteiger partial charge in [-0.05, 0) is 57.7 Å². The number of nitrogens with one attached hydrogen (secondary N) is 1. The lowest BCUT2D eigenvalue weighted by Crippen LogP contribution is -2.47. The van der Waals surface area contributed by atoms with Crippen molar-refractivity contribution in [2.45, 2.75) is 40.5 Å². The van der Waals surface area contributed by atoms with Gasteiger partial charge in [-0.15, -0.1) is 0 Å². The number of hydrogen-bond acceptors (Lipinski definition) is 2. The van der Waals surface area contributed by atoms with Crippen molar-refractivity contribution in [1.82, 2.24) is 9.80 Å². The van der Waals surface area contributed by atoms with Gasteiger partial charge in [-0.1, -0.05) is 12.1 Å². The van der Waals surface area contributed by atoms with Gasteiger partial charge in [0.05, 0.1) is 0 Å². The zero-order chi connectivity index (χ0) is 17.7. The third kappa shape index (κ3) is 4.28. The lowest BCUT2D eigenvalue weighted by atomic mass is 9.95. The first-order valence-corrected chi connectivity index (χ1v) is 8.88. The maximum absolute atomic E-state index is 12.5. The molecule has 1 aromatic rings. The number of aryl methyl sites for hydroxylation is 2. The van der Waals surface area contributed by atoms with Gasteiger partial charge in [0.15, 0.2) is 0 Å². The summed E-state index contributed by atoms with van der Waals surface area (Å²) in [4.78, 5) is 28.6. The van der Waals surface area contributed by atoms with E-state index in [1.807, 2.05) is 55.7 Å². The Morgan fingerprint density at radius 3 is 2.38 bits per heavy atom. The van der Waals surface area contributed by atoms with Crippen LogP contribution in [0.2, 0.25) is 0 Å². The van der Waals surface area contributed by atoms with E-state index in [9.17, 15) is 9.59 Å². The lowest BCUT2D eigenvalue weighted by Gasteiger charge is -2.34. The quantitative estimate of drug-likeness (QED) is 0.919. The molecule has 0 radical (unpaired) electrons. The Hall–Kier alpha value is -2.04. The summed E-state index contributed by atoms with van der Waals surface area (Å²) >= 11 is 0. The molecule has 5 nitrogen and oxygen atoms in total. The normalized spacial score (nSPS) is 15.2. The van der Waals surface area contributed by atoms with E-state index in [0.29, 0.717) is 13.1 Å². The number of carbonyl (C=O) groups excluding carboxylic acids is 2. The van der Waals surface area contributed by atoms with Crippen molar-refractivity contribution < 1.29 is 9.59 Å². The number of rotatable bonds is 4. The Labute approximate surface area is 145 Å². The van der Waals surface area contributed by atoms with Crippen LogP contribution < -0.4 is 5.32 Å². The average Bonchev–Trinajstić information content (AvgIpc) is 2.59. The van der Waals surface area contributed by atoms with Crippen molar-refractivity contribution >= 4 is 17.6 Å². The van der Waals surface area contributed by atoms with Gasteiger partial charge in [0.25, 0.3) is 0 Å². The summed E-state index contributed by atoms with van der Waals surface area (Å²) < 4.78 is 0. The van der Waals surface area contributed by atoms with Gasteiger partial charge in [-0.3, -0.25) is 4.79 Å². The average molecular weight is 331 g/mol. The highest BCUT2D eigenvalue weighted by atomic mass is 16.2. The highest BCUT2D eigenvalue weighted by molar-refractivity contribution is 5.93. The fourth-order valence-electron chi connectivity index (χ4n) is 3.13. The zero-order valence-electron chi connectivity index (χ0n) is 15.3. The fourth-order valence-corrected chi connectivity index (χ4v) is 3.13. The number of hydrogen-bond donors (Lipinski definition) is 1. The van der Waals surface area contributed by atoms with E-state index in [1.165, 1.54) is 0 Å². The minimum absolute atomic E-state index is 0.0225. The lowest BCUT2D eigenvalue weighted by molar-refractivity contribution is -0.121. The van der Waals surface area contributed by atoms with Crippen molar-refractivity contribution in [3.8, 4) is 0 Å². The first-order valence-electron chi connectivity index (χ1n) is 8.88. The third-order valence-electron chi connectivity index (χ3n) is 4.82. The minimum atomic E-state index is -0.0225. The molecule has 0 saturated carbocycles. The summed E-state index contributed by atoms with van der Waals surface area (Å²) in [5.74, 6) is 0.0457. The van der Waals surface area contributed by atoms with Gasteiger partial charge in [0, 0.05) is 37.8 Å². The molecule has 1 N–H and O–H groups in total. The Morgan fingerprint density at radius 2 is 1.79 bits per heavy atom. The molecule has 1 aliphatic rings. The third-order valence-corrected chi connectivity index (χ3v) is 4.82. The number of likely N-dealkylation sites (tertiary alicyclic amines) is 1. The molecule has 5 heteroatoms. The van der Waals surface area contributed by atoms with Gasteiger partial charge in [0.1, 0.15) is 0 Å². The summed E-state index contributed by atoms with van der Waals surface area (Å²) in [6.45, 7) is 10.8. The molecule has 3 amide bonds. The molecule has 24 heavy (non-hydrogen) atoms. The van der Waals surface area contributed by atoms with E-state index in [0.717, 1.165) is 42.7 Å². The highest BCUT2D eigenvalue weighted by Gasteiger charge is 2.29. The van der Waals surface area contributed by atoms with E-state index in [1.54, 1.807) is 0 Å². The second-order valence-corrected chi connectivity index (χ2v) is 6.52. The Bertz CT molecular complexity index is 588. The summed E-state index contributed by atoms with van der Waals surface area (Å²) in [5.41, 5.74) is 3.10. The number of amides is 3. The monoisotopic (exact) mass is 331 g/mol. The Balaban J connectivity index is 1.91. The van der Waals surface area contributed by atoms with E-state index in [4.69, 9.17) is 0 Å². The SMILES string of the molecule is CCN(CC)C(=O)N1CCC(C(=O)Nc2cc(C)ccc2C)CC1. The molecular formula is C19H29N3O2. The van der Waals surface area contributed by atoms with Crippen molar-refractivity contribution in [2.24, 2.45) is 5.92 Å². The van der Waals surface area contributed by atoms with Crippen molar-refractivity contribution in [1.29, 1.82) is 0 Å². The van der Waals surface area contributed by atoms with Crippen LogP contribution in [0.4, 0.5) is 10.5 Å². The number of urea groups is 1. The molecule has 0 aromatic heterocycles. The number of benzene rings is 1. The predicted octanol–water partition coefficient (Wildman–Crippen LogP) is 3.42. The second kappa shape index (κ2) is 8.18. The standard InChI is InChI=1S/C19H29N3O2/c1-5-21(6-2)19(24)22-11-9-16(10-12-22)18(23)20-17-13-14(3)7-8-15(17)4/h7-8,13,16H,5-6,9-12H2,1-4H3,(H,20,23). The molecule has 1 saturated heterocycles. The van der Waals surface area contributed by atoms with Crippen LogP contribution in [0.15, 0.2) is 18.2 Å². The second-order valence-electron chi connectivity index (χ2n) is 6.52. The maximum Gasteiger partial charge on any atom is 0.319 e. The van der Waals surface area contributed by atoms with Gasteiger partial charge in [-0.2, -0.15) is 0 Å². The number of carbonyl (C=O) groups is 2. The fraction of sp³-hybridized carbons (Fsp3) is 0.579. The number of anilines is 1. The molecule has 1 fully saturated rings. The van der Waals surface area contributed by atoms with Crippen molar-refractivity contribution in [3.05, 3.63) is 29.3 Å². The van der Waals surface area contributed by atoms with Gasteiger partial charge in [-0.25, -0.2) is 4.79 Å². The molecular weight excluding hydrogens is 302 g/mol. The number of piperidine rings is 1. The van der Waals surface area contributed by atoms with E-state index in [-0.39, 0.29) is 17.9 Å². The Kier molecular flexibility index (Phi) is 6.23. The molecule has 2 rings (SSSR count). The first kappa shape index (κ1) is 18.3. The molecule has 0 atom stereocenters. The molecule has 1 aliphatic heterocycles. The topological polar surface area (TPSA) is 52.7 Å². The van der Waals surface area contributed by atoms with Crippen LogP contribution >= 0.6 is 0 Å². The van der Waals surface area contributed by atoms with Crippen LogP contribution in [0.3, 0.4) is 0 Å². The molecule has 1 aromatic carbocycles. The van der Waals surface area contributed by atoms with Crippen molar-refractivity contribution in [2.75, 3.05) is 31.5 Å². The number of nitrogens with zero attached hydrogens (tertiary/aromatic N) is 2. The van der Waals surface area contributed by atoms with E-state index < -0.39 is 0 Å². The first-order chi connectivity index (χ1) is 11.5. The maximum atomic E-state index is 12.5. The molecule has 0 bridgehead atoms. The van der Waals surface area contributed by atoms with Crippen LogP contribution in [0.25, 0.3) is 0 Å². The van der Waals surface area contributed by atoms with Crippen LogP contribution in [-0.2, 0) is 4.79 Å². The van der Waals surface area contributed by atoms with Crippen LogP contribution in [-0.4, -0.2) is 47.9 Å². The summed E-state index contributed by atoms with van der Waals surface area (Å²) in [7, 11) is 0. The van der Waals surface area contributed by atoms with E-state index in [2.05, 4.69) is 5.32 Å². The van der Waals surface area contributed by atoms with Crippen LogP contribution in [0.5, 0.6) is 0 Å². The zero-order valence-corrected chi connectivity index (χ0v) is 15.3.